The maximum absolute atomic E-state index is 13.2. The van der Waals surface area contributed by atoms with Gasteiger partial charge in [0, 0.05) is 37.6 Å². The normalized spacial score (nSPS) is 11.6. The zero-order valence-corrected chi connectivity index (χ0v) is 15.6. The first-order valence-corrected chi connectivity index (χ1v) is 8.99. The summed E-state index contributed by atoms with van der Waals surface area (Å²) in [5.74, 6) is 0.524. The highest BCUT2D eigenvalue weighted by Crippen LogP contribution is 2.16. The lowest BCUT2D eigenvalue weighted by Crippen LogP contribution is -2.39. The lowest BCUT2D eigenvalue weighted by atomic mass is 10.1. The molecule has 0 aliphatic carbocycles. The minimum atomic E-state index is -0.239. The Morgan fingerprint density at radius 2 is 2.04 bits per heavy atom. The molecule has 7 heteroatoms. The van der Waals surface area contributed by atoms with Gasteiger partial charge in [-0.15, -0.1) is 11.3 Å². The van der Waals surface area contributed by atoms with Crippen molar-refractivity contribution in [3.63, 3.8) is 0 Å². The molecule has 0 aliphatic rings. The van der Waals surface area contributed by atoms with Crippen molar-refractivity contribution in [2.45, 2.75) is 19.8 Å². The number of aromatic nitrogens is 1. The van der Waals surface area contributed by atoms with E-state index in [4.69, 9.17) is 0 Å². The van der Waals surface area contributed by atoms with Gasteiger partial charge in [0.1, 0.15) is 5.82 Å². The van der Waals surface area contributed by atoms with E-state index in [0.29, 0.717) is 4.47 Å². The van der Waals surface area contributed by atoms with Gasteiger partial charge in [-0.3, -0.25) is 4.99 Å². The topological polar surface area (TPSA) is 49.3 Å². The average molecular weight is 399 g/mol. The molecule has 0 spiro atoms. The fourth-order valence-electron chi connectivity index (χ4n) is 2.05. The predicted octanol–water partition coefficient (Wildman–Crippen LogP) is 3.30. The Labute approximate surface area is 148 Å². The van der Waals surface area contributed by atoms with Crippen LogP contribution in [0.15, 0.2) is 33.9 Å². The molecule has 0 amide bonds. The molecule has 23 heavy (non-hydrogen) atoms. The molecule has 2 N–H and O–H groups in total. The SMILES string of the molecule is CN=C(NCCc1ccc(F)c(Br)c1)NCCc1ncc(C)s1. The maximum atomic E-state index is 13.2. The van der Waals surface area contributed by atoms with Gasteiger partial charge in [-0.1, -0.05) is 6.07 Å². The molecule has 1 aromatic heterocycles. The number of aliphatic imine (C=N–C) groups is 1. The van der Waals surface area contributed by atoms with E-state index in [1.165, 1.54) is 10.9 Å². The molecular formula is C16H20BrFN4S. The van der Waals surface area contributed by atoms with Gasteiger partial charge in [0.2, 0.25) is 0 Å². The lowest BCUT2D eigenvalue weighted by Gasteiger charge is -2.11. The van der Waals surface area contributed by atoms with Crippen molar-refractivity contribution < 1.29 is 4.39 Å². The Kier molecular flexibility index (Phi) is 6.98. The van der Waals surface area contributed by atoms with Crippen molar-refractivity contribution in [1.82, 2.24) is 15.6 Å². The molecule has 0 radical (unpaired) electrons. The summed E-state index contributed by atoms with van der Waals surface area (Å²) in [7, 11) is 1.75. The molecule has 0 unspecified atom stereocenters. The van der Waals surface area contributed by atoms with E-state index in [9.17, 15) is 4.39 Å². The smallest absolute Gasteiger partial charge is 0.191 e. The van der Waals surface area contributed by atoms with Crippen LogP contribution in [0.5, 0.6) is 0 Å². The van der Waals surface area contributed by atoms with Gasteiger partial charge >= 0.3 is 0 Å². The van der Waals surface area contributed by atoms with E-state index in [1.54, 1.807) is 30.5 Å². The van der Waals surface area contributed by atoms with Crippen LogP contribution in [0.1, 0.15) is 15.4 Å². The van der Waals surface area contributed by atoms with Crippen molar-refractivity contribution in [1.29, 1.82) is 0 Å². The molecule has 124 valence electrons. The molecule has 1 heterocycles. The molecule has 0 bridgehead atoms. The van der Waals surface area contributed by atoms with Gasteiger partial charge in [-0.25, -0.2) is 9.37 Å². The minimum Gasteiger partial charge on any atom is -0.356 e. The van der Waals surface area contributed by atoms with E-state index in [2.05, 4.69) is 43.5 Å². The van der Waals surface area contributed by atoms with Crippen LogP contribution in [-0.2, 0) is 12.8 Å². The molecule has 2 rings (SSSR count). The molecule has 0 saturated carbocycles. The maximum Gasteiger partial charge on any atom is 0.191 e. The van der Waals surface area contributed by atoms with Crippen molar-refractivity contribution in [3.8, 4) is 0 Å². The molecule has 0 saturated heterocycles. The highest BCUT2D eigenvalue weighted by Gasteiger charge is 2.03. The van der Waals surface area contributed by atoms with Gasteiger partial charge in [0.15, 0.2) is 5.96 Å². The molecular weight excluding hydrogens is 379 g/mol. The summed E-state index contributed by atoms with van der Waals surface area (Å²) >= 11 is 4.92. The zero-order valence-electron chi connectivity index (χ0n) is 13.2. The van der Waals surface area contributed by atoms with Gasteiger partial charge in [0.25, 0.3) is 0 Å². The third-order valence-corrected chi connectivity index (χ3v) is 4.79. The Bertz CT molecular complexity index is 672. The minimum absolute atomic E-state index is 0.239. The predicted molar refractivity (Wildman–Crippen MR) is 97.7 cm³/mol. The summed E-state index contributed by atoms with van der Waals surface area (Å²) in [6.45, 7) is 3.58. The fourth-order valence-corrected chi connectivity index (χ4v) is 3.26. The van der Waals surface area contributed by atoms with Crippen LogP contribution in [0.3, 0.4) is 0 Å². The highest BCUT2D eigenvalue weighted by atomic mass is 79.9. The van der Waals surface area contributed by atoms with Crippen molar-refractivity contribution in [3.05, 3.63) is 50.1 Å². The van der Waals surface area contributed by atoms with E-state index >= 15 is 0 Å². The van der Waals surface area contributed by atoms with Crippen molar-refractivity contribution in [2.75, 3.05) is 20.1 Å². The number of guanidine groups is 1. The zero-order chi connectivity index (χ0) is 16.7. The van der Waals surface area contributed by atoms with Crippen LogP contribution in [-0.4, -0.2) is 31.1 Å². The largest absolute Gasteiger partial charge is 0.356 e. The quantitative estimate of drug-likeness (QED) is 0.579. The average Bonchev–Trinajstić information content (AvgIpc) is 2.94. The number of hydrogen-bond donors (Lipinski definition) is 2. The number of rotatable bonds is 6. The number of thiazole rings is 1. The monoisotopic (exact) mass is 398 g/mol. The number of benzene rings is 1. The van der Waals surface area contributed by atoms with Gasteiger partial charge in [-0.05, 0) is 47.0 Å². The molecule has 2 aromatic rings. The number of nitrogens with zero attached hydrogens (tertiary/aromatic N) is 2. The number of aryl methyl sites for hydroxylation is 1. The summed E-state index contributed by atoms with van der Waals surface area (Å²) in [6, 6.07) is 5.07. The molecule has 0 fully saturated rings. The Morgan fingerprint density at radius 3 is 2.65 bits per heavy atom. The van der Waals surface area contributed by atoms with Crippen molar-refractivity contribution in [2.24, 2.45) is 4.99 Å². The second-order valence-corrected chi connectivity index (χ2v) is 7.21. The van der Waals surface area contributed by atoms with Crippen LogP contribution < -0.4 is 10.6 Å². The van der Waals surface area contributed by atoms with Crippen LogP contribution in [0.25, 0.3) is 0 Å². The van der Waals surface area contributed by atoms with E-state index < -0.39 is 0 Å². The standard InChI is InChI=1S/C16H20BrFN4S/c1-11-10-22-15(23-11)6-8-21-16(19-2)20-7-5-12-3-4-14(18)13(17)9-12/h3-4,9-10H,5-8H2,1-2H3,(H2,19,20,21). The lowest BCUT2D eigenvalue weighted by molar-refractivity contribution is 0.620. The summed E-state index contributed by atoms with van der Waals surface area (Å²) in [6.07, 6.45) is 3.57. The first-order chi connectivity index (χ1) is 11.1. The third kappa shape index (κ3) is 5.91. The van der Waals surface area contributed by atoms with Crippen LogP contribution in [0.2, 0.25) is 0 Å². The van der Waals surface area contributed by atoms with Crippen LogP contribution in [0, 0.1) is 12.7 Å². The van der Waals surface area contributed by atoms with E-state index in [0.717, 1.165) is 42.5 Å². The fraction of sp³-hybridized carbons (Fsp3) is 0.375. The summed E-state index contributed by atoms with van der Waals surface area (Å²) in [5.41, 5.74) is 1.07. The first kappa shape index (κ1) is 17.9. The Balaban J connectivity index is 1.71. The Morgan fingerprint density at radius 1 is 1.30 bits per heavy atom. The van der Waals surface area contributed by atoms with Crippen molar-refractivity contribution >= 4 is 33.2 Å². The Hall–Kier alpha value is -1.47. The molecule has 0 aliphatic heterocycles. The molecule has 1 aromatic carbocycles. The number of nitrogens with one attached hydrogen (secondary N) is 2. The van der Waals surface area contributed by atoms with E-state index in [1.807, 2.05) is 6.20 Å². The van der Waals surface area contributed by atoms with Crippen LogP contribution >= 0.6 is 27.3 Å². The van der Waals surface area contributed by atoms with E-state index in [-0.39, 0.29) is 5.82 Å². The molecule has 4 nitrogen and oxygen atoms in total. The first-order valence-electron chi connectivity index (χ1n) is 7.38. The van der Waals surface area contributed by atoms with Gasteiger partial charge in [-0.2, -0.15) is 0 Å². The van der Waals surface area contributed by atoms with Gasteiger partial charge in [0.05, 0.1) is 9.48 Å². The van der Waals surface area contributed by atoms with Crippen LogP contribution in [0.4, 0.5) is 4.39 Å². The highest BCUT2D eigenvalue weighted by molar-refractivity contribution is 9.10. The number of hydrogen-bond acceptors (Lipinski definition) is 3. The summed E-state index contributed by atoms with van der Waals surface area (Å²) in [5, 5.41) is 7.65. The molecule has 0 atom stereocenters. The second-order valence-electron chi connectivity index (χ2n) is 5.04. The summed E-state index contributed by atoms with van der Waals surface area (Å²) < 4.78 is 13.7. The third-order valence-electron chi connectivity index (χ3n) is 3.21. The summed E-state index contributed by atoms with van der Waals surface area (Å²) in [4.78, 5) is 9.76. The van der Waals surface area contributed by atoms with Gasteiger partial charge < -0.3 is 10.6 Å². The number of halogens is 2. The second kappa shape index (κ2) is 8.98.